The number of alkyl halides is 2. The zero-order valence-corrected chi connectivity index (χ0v) is 10.7. The number of halogens is 3. The van der Waals surface area contributed by atoms with Gasteiger partial charge < -0.3 is 4.74 Å². The van der Waals surface area contributed by atoms with E-state index in [9.17, 15) is 4.39 Å². The van der Waals surface area contributed by atoms with Crippen molar-refractivity contribution < 1.29 is 9.13 Å². The van der Waals surface area contributed by atoms with Gasteiger partial charge in [0.15, 0.2) is 0 Å². The van der Waals surface area contributed by atoms with Crippen molar-refractivity contribution in [1.82, 2.24) is 0 Å². The van der Waals surface area contributed by atoms with Gasteiger partial charge >= 0.3 is 0 Å². The van der Waals surface area contributed by atoms with Crippen molar-refractivity contribution >= 4 is 23.2 Å². The average molecular weight is 273 g/mol. The largest absolute Gasteiger partial charge is 0.456 e. The van der Waals surface area contributed by atoms with Crippen LogP contribution in [0.15, 0.2) is 42.2 Å². The summed E-state index contributed by atoms with van der Waals surface area (Å²) in [5.41, 5.74) is 1.05. The number of aryl methyl sites for hydroxylation is 1. The minimum Gasteiger partial charge on any atom is -0.456 e. The van der Waals surface area contributed by atoms with E-state index in [1.165, 1.54) is 12.2 Å². The molecule has 0 N–H and O–H groups in total. The molecule has 0 bridgehead atoms. The molecule has 0 heterocycles. The van der Waals surface area contributed by atoms with E-state index in [4.69, 9.17) is 27.9 Å². The summed E-state index contributed by atoms with van der Waals surface area (Å²) < 4.78 is 18.6. The summed E-state index contributed by atoms with van der Waals surface area (Å²) in [5, 5.41) is -0.174. The molecule has 2 atom stereocenters. The molecule has 0 saturated carbocycles. The first-order chi connectivity index (χ1) is 8.06. The predicted molar refractivity (Wildman–Crippen MR) is 68.6 cm³/mol. The molecule has 1 aromatic rings. The smallest absolute Gasteiger partial charge is 0.146 e. The SMILES string of the molecule is Cc1ccc(OC2=CC(Cl)C(F)C=C2)c(Cl)c1. The second-order valence-corrected chi connectivity index (χ2v) is 4.76. The van der Waals surface area contributed by atoms with Crippen LogP contribution in [0, 0.1) is 6.92 Å². The fourth-order valence-electron chi connectivity index (χ4n) is 1.48. The van der Waals surface area contributed by atoms with Gasteiger partial charge in [0, 0.05) is 0 Å². The van der Waals surface area contributed by atoms with E-state index in [0.29, 0.717) is 16.5 Å². The van der Waals surface area contributed by atoms with E-state index < -0.39 is 11.5 Å². The Morgan fingerprint density at radius 3 is 2.76 bits per heavy atom. The summed E-state index contributed by atoms with van der Waals surface area (Å²) in [7, 11) is 0. The first-order valence-electron chi connectivity index (χ1n) is 5.18. The molecular weight excluding hydrogens is 262 g/mol. The second-order valence-electron chi connectivity index (χ2n) is 3.85. The standard InChI is InChI=1S/C13H11Cl2FO/c1-8-2-5-13(11(15)6-8)17-9-3-4-12(16)10(14)7-9/h2-7,10,12H,1H3. The molecule has 0 saturated heterocycles. The van der Waals surface area contributed by atoms with Gasteiger partial charge in [0.1, 0.15) is 17.7 Å². The Morgan fingerprint density at radius 2 is 2.12 bits per heavy atom. The number of hydrogen-bond donors (Lipinski definition) is 0. The third-order valence-electron chi connectivity index (χ3n) is 2.39. The molecule has 0 aliphatic heterocycles. The maximum Gasteiger partial charge on any atom is 0.146 e. The molecule has 1 nitrogen and oxygen atoms in total. The first-order valence-corrected chi connectivity index (χ1v) is 6.00. The summed E-state index contributed by atoms with van der Waals surface area (Å²) in [6.07, 6.45) is 3.29. The normalized spacial score (nSPS) is 23.4. The van der Waals surface area contributed by atoms with Gasteiger partial charge in [0.25, 0.3) is 0 Å². The fraction of sp³-hybridized carbons (Fsp3) is 0.231. The molecular formula is C13H11Cl2FO. The van der Waals surface area contributed by atoms with Crippen LogP contribution < -0.4 is 4.74 Å². The van der Waals surface area contributed by atoms with Crippen molar-refractivity contribution in [2.45, 2.75) is 18.5 Å². The number of benzene rings is 1. The summed E-state index contributed by atoms with van der Waals surface area (Å²) in [6.45, 7) is 1.94. The van der Waals surface area contributed by atoms with Crippen LogP contribution in [0.5, 0.6) is 5.75 Å². The van der Waals surface area contributed by atoms with E-state index in [0.717, 1.165) is 5.56 Å². The molecule has 1 aliphatic rings. The lowest BCUT2D eigenvalue weighted by molar-refractivity contribution is 0.384. The van der Waals surface area contributed by atoms with Crippen LogP contribution in [0.25, 0.3) is 0 Å². The highest BCUT2D eigenvalue weighted by Crippen LogP contribution is 2.29. The molecule has 1 aliphatic carbocycles. The van der Waals surface area contributed by atoms with E-state index >= 15 is 0 Å². The van der Waals surface area contributed by atoms with Crippen LogP contribution in [0.2, 0.25) is 5.02 Å². The lowest BCUT2D eigenvalue weighted by atomic mass is 10.1. The number of ether oxygens (including phenoxy) is 1. The molecule has 0 fully saturated rings. The number of rotatable bonds is 2. The fourth-order valence-corrected chi connectivity index (χ4v) is 1.96. The molecule has 4 heteroatoms. The first kappa shape index (κ1) is 12.5. The lowest BCUT2D eigenvalue weighted by Gasteiger charge is -2.16. The van der Waals surface area contributed by atoms with Gasteiger partial charge in [0.05, 0.1) is 10.4 Å². The van der Waals surface area contributed by atoms with Gasteiger partial charge in [-0.05, 0) is 42.8 Å². The van der Waals surface area contributed by atoms with Gasteiger partial charge in [-0.15, -0.1) is 11.6 Å². The molecule has 1 aromatic carbocycles. The number of allylic oxidation sites excluding steroid dienone is 3. The molecule has 0 radical (unpaired) electrons. The third-order valence-corrected chi connectivity index (χ3v) is 3.05. The van der Waals surface area contributed by atoms with Crippen LogP contribution >= 0.6 is 23.2 Å². The van der Waals surface area contributed by atoms with Crippen LogP contribution in [-0.2, 0) is 0 Å². The highest BCUT2D eigenvalue weighted by molar-refractivity contribution is 6.32. The Morgan fingerprint density at radius 1 is 1.35 bits per heavy atom. The Labute approximate surface area is 109 Å². The minimum atomic E-state index is -1.17. The van der Waals surface area contributed by atoms with Gasteiger partial charge in [-0.1, -0.05) is 17.7 Å². The van der Waals surface area contributed by atoms with E-state index in [-0.39, 0.29) is 0 Å². The zero-order chi connectivity index (χ0) is 12.4. The highest BCUT2D eigenvalue weighted by atomic mass is 35.5. The molecule has 17 heavy (non-hydrogen) atoms. The van der Waals surface area contributed by atoms with E-state index in [1.54, 1.807) is 18.2 Å². The molecule has 2 rings (SSSR count). The second kappa shape index (κ2) is 5.11. The van der Waals surface area contributed by atoms with Crippen molar-refractivity contribution in [3.63, 3.8) is 0 Å². The van der Waals surface area contributed by atoms with Crippen molar-refractivity contribution in [1.29, 1.82) is 0 Å². The van der Waals surface area contributed by atoms with Crippen molar-refractivity contribution in [3.8, 4) is 5.75 Å². The quantitative estimate of drug-likeness (QED) is 0.724. The van der Waals surface area contributed by atoms with Crippen molar-refractivity contribution in [2.75, 3.05) is 0 Å². The van der Waals surface area contributed by atoms with E-state index in [1.807, 2.05) is 13.0 Å². The summed E-state index contributed by atoms with van der Waals surface area (Å²) in [5.74, 6) is 1.04. The maximum absolute atomic E-state index is 13.1. The molecule has 0 aromatic heterocycles. The van der Waals surface area contributed by atoms with E-state index in [2.05, 4.69) is 0 Å². The van der Waals surface area contributed by atoms with Crippen molar-refractivity contribution in [2.24, 2.45) is 0 Å². The topological polar surface area (TPSA) is 9.23 Å². The van der Waals surface area contributed by atoms with Gasteiger partial charge in [-0.25, -0.2) is 4.39 Å². The molecule has 0 spiro atoms. The third kappa shape index (κ3) is 3.02. The monoisotopic (exact) mass is 272 g/mol. The summed E-state index contributed by atoms with van der Waals surface area (Å²) in [4.78, 5) is 0. The van der Waals surface area contributed by atoms with Crippen LogP contribution in [0.3, 0.4) is 0 Å². The van der Waals surface area contributed by atoms with Gasteiger partial charge in [-0.3, -0.25) is 0 Å². The molecule has 2 unspecified atom stereocenters. The van der Waals surface area contributed by atoms with Crippen LogP contribution in [-0.4, -0.2) is 11.5 Å². The number of hydrogen-bond acceptors (Lipinski definition) is 1. The van der Waals surface area contributed by atoms with Crippen molar-refractivity contribution in [3.05, 3.63) is 52.8 Å². The average Bonchev–Trinajstić information content (AvgIpc) is 2.27. The van der Waals surface area contributed by atoms with Gasteiger partial charge in [0.2, 0.25) is 0 Å². The summed E-state index contributed by atoms with van der Waals surface area (Å²) in [6, 6.07) is 5.47. The predicted octanol–water partition coefficient (Wildman–Crippen LogP) is 4.43. The minimum absolute atomic E-state index is 0.504. The molecule has 90 valence electrons. The van der Waals surface area contributed by atoms with Crippen LogP contribution in [0.4, 0.5) is 4.39 Å². The Hall–Kier alpha value is -0.990. The Bertz CT molecular complexity index is 482. The maximum atomic E-state index is 13.1. The molecule has 0 amide bonds. The van der Waals surface area contributed by atoms with Crippen LogP contribution in [0.1, 0.15) is 5.56 Å². The Balaban J connectivity index is 2.17. The Kier molecular flexibility index (Phi) is 3.75. The summed E-state index contributed by atoms with van der Waals surface area (Å²) >= 11 is 11.8. The lowest BCUT2D eigenvalue weighted by Crippen LogP contribution is -2.16. The zero-order valence-electron chi connectivity index (χ0n) is 9.16. The van der Waals surface area contributed by atoms with Gasteiger partial charge in [-0.2, -0.15) is 0 Å². The highest BCUT2D eigenvalue weighted by Gasteiger charge is 2.18.